The average Bonchev–Trinajstić information content (AvgIpc) is 2.64. The lowest BCUT2D eigenvalue weighted by Gasteiger charge is -2.34. The maximum atomic E-state index is 12.4. The second-order valence-electron chi connectivity index (χ2n) is 5.72. The summed E-state index contributed by atoms with van der Waals surface area (Å²) >= 11 is 5.86. The van der Waals surface area contributed by atoms with Crippen molar-refractivity contribution < 1.29 is 9.59 Å². The molecule has 0 atom stereocenters. The van der Waals surface area contributed by atoms with E-state index in [2.05, 4.69) is 4.98 Å². The first-order chi connectivity index (χ1) is 11.6. The molecule has 1 aromatic carbocycles. The molecule has 1 saturated heterocycles. The highest BCUT2D eigenvalue weighted by molar-refractivity contribution is 6.30. The Balaban J connectivity index is 1.54. The first-order valence-corrected chi connectivity index (χ1v) is 8.23. The standard InChI is InChI=1S/C18H18ClN3O2/c19-16-5-3-14(4-6-16)12-17(23)21-8-10-22(11-9-21)18(24)15-2-1-7-20-13-15/h1-7,13H,8-12H2. The summed E-state index contributed by atoms with van der Waals surface area (Å²) in [7, 11) is 0. The number of hydrogen-bond donors (Lipinski definition) is 0. The summed E-state index contributed by atoms with van der Waals surface area (Å²) in [4.78, 5) is 32.3. The molecule has 0 saturated carbocycles. The van der Waals surface area contributed by atoms with Gasteiger partial charge in [-0.15, -0.1) is 0 Å². The number of hydrogen-bond acceptors (Lipinski definition) is 3. The molecule has 0 bridgehead atoms. The van der Waals surface area contributed by atoms with E-state index in [1.54, 1.807) is 41.6 Å². The third kappa shape index (κ3) is 3.92. The zero-order valence-corrected chi connectivity index (χ0v) is 13.9. The Morgan fingerprint density at radius 2 is 1.67 bits per heavy atom. The zero-order valence-electron chi connectivity index (χ0n) is 13.2. The number of rotatable bonds is 3. The van der Waals surface area contributed by atoms with E-state index >= 15 is 0 Å². The van der Waals surface area contributed by atoms with Crippen molar-refractivity contribution in [2.75, 3.05) is 26.2 Å². The molecule has 1 aromatic heterocycles. The van der Waals surface area contributed by atoms with Crippen LogP contribution < -0.4 is 0 Å². The molecule has 0 aliphatic carbocycles. The molecule has 6 heteroatoms. The molecular formula is C18H18ClN3O2. The van der Waals surface area contributed by atoms with Gasteiger partial charge in [-0.1, -0.05) is 23.7 Å². The minimum Gasteiger partial charge on any atom is -0.339 e. The SMILES string of the molecule is O=C(Cc1ccc(Cl)cc1)N1CCN(C(=O)c2cccnc2)CC1. The fourth-order valence-electron chi connectivity index (χ4n) is 2.72. The number of piperazine rings is 1. The normalized spacial score (nSPS) is 14.5. The van der Waals surface area contributed by atoms with E-state index in [0.29, 0.717) is 43.2 Å². The third-order valence-electron chi connectivity index (χ3n) is 4.10. The highest BCUT2D eigenvalue weighted by atomic mass is 35.5. The number of nitrogens with zero attached hydrogens (tertiary/aromatic N) is 3. The fraction of sp³-hybridized carbons (Fsp3) is 0.278. The Bertz CT molecular complexity index is 711. The van der Waals surface area contributed by atoms with E-state index in [1.807, 2.05) is 17.0 Å². The average molecular weight is 344 g/mol. The van der Waals surface area contributed by atoms with Crippen LogP contribution in [0.15, 0.2) is 48.8 Å². The number of benzene rings is 1. The third-order valence-corrected chi connectivity index (χ3v) is 4.35. The number of aromatic nitrogens is 1. The van der Waals surface area contributed by atoms with Gasteiger partial charge in [-0.3, -0.25) is 14.6 Å². The number of pyridine rings is 1. The maximum absolute atomic E-state index is 12.4. The van der Waals surface area contributed by atoms with Gasteiger partial charge in [0.05, 0.1) is 12.0 Å². The molecular weight excluding hydrogens is 326 g/mol. The van der Waals surface area contributed by atoms with Crippen molar-refractivity contribution in [3.63, 3.8) is 0 Å². The summed E-state index contributed by atoms with van der Waals surface area (Å²) in [6.07, 6.45) is 3.57. The van der Waals surface area contributed by atoms with Gasteiger partial charge in [-0.25, -0.2) is 0 Å². The van der Waals surface area contributed by atoms with Gasteiger partial charge in [-0.05, 0) is 29.8 Å². The molecule has 124 valence electrons. The van der Waals surface area contributed by atoms with E-state index in [4.69, 9.17) is 11.6 Å². The van der Waals surface area contributed by atoms with Crippen LogP contribution in [0.5, 0.6) is 0 Å². The monoisotopic (exact) mass is 343 g/mol. The van der Waals surface area contributed by atoms with Gasteiger partial charge in [0, 0.05) is 43.6 Å². The molecule has 2 aromatic rings. The summed E-state index contributed by atoms with van der Waals surface area (Å²) in [5.74, 6) is 0.0405. The highest BCUT2D eigenvalue weighted by Crippen LogP contribution is 2.13. The smallest absolute Gasteiger partial charge is 0.255 e. The van der Waals surface area contributed by atoms with Crippen molar-refractivity contribution in [1.29, 1.82) is 0 Å². The van der Waals surface area contributed by atoms with Crippen LogP contribution in [0, 0.1) is 0 Å². The summed E-state index contributed by atoms with van der Waals surface area (Å²) in [6.45, 7) is 2.19. The zero-order chi connectivity index (χ0) is 16.9. The van der Waals surface area contributed by atoms with Crippen LogP contribution in [0.2, 0.25) is 5.02 Å². The largest absolute Gasteiger partial charge is 0.339 e. The minimum absolute atomic E-state index is 0.0344. The minimum atomic E-state index is -0.0344. The first-order valence-electron chi connectivity index (χ1n) is 7.85. The van der Waals surface area contributed by atoms with E-state index < -0.39 is 0 Å². The maximum Gasteiger partial charge on any atom is 0.255 e. The van der Waals surface area contributed by atoms with E-state index in [0.717, 1.165) is 5.56 Å². The fourth-order valence-corrected chi connectivity index (χ4v) is 2.85. The first kappa shape index (κ1) is 16.5. The Morgan fingerprint density at radius 3 is 2.29 bits per heavy atom. The van der Waals surface area contributed by atoms with Crippen LogP contribution in [0.25, 0.3) is 0 Å². The van der Waals surface area contributed by atoms with Gasteiger partial charge in [0.15, 0.2) is 0 Å². The van der Waals surface area contributed by atoms with Crippen LogP contribution in [0.3, 0.4) is 0 Å². The van der Waals surface area contributed by atoms with Crippen LogP contribution >= 0.6 is 11.6 Å². The van der Waals surface area contributed by atoms with Crippen molar-refractivity contribution >= 4 is 23.4 Å². The molecule has 1 fully saturated rings. The Morgan fingerprint density at radius 1 is 1.00 bits per heavy atom. The molecule has 2 heterocycles. The number of carbonyl (C=O) groups excluding carboxylic acids is 2. The van der Waals surface area contributed by atoms with Crippen LogP contribution in [0.4, 0.5) is 0 Å². The van der Waals surface area contributed by atoms with Crippen molar-refractivity contribution in [1.82, 2.24) is 14.8 Å². The predicted molar refractivity (Wildman–Crippen MR) is 91.9 cm³/mol. The van der Waals surface area contributed by atoms with Gasteiger partial charge >= 0.3 is 0 Å². The predicted octanol–water partition coefficient (Wildman–Crippen LogP) is 2.26. The lowest BCUT2D eigenvalue weighted by molar-refractivity contribution is -0.131. The van der Waals surface area contributed by atoms with Gasteiger partial charge in [0.2, 0.25) is 5.91 Å². The van der Waals surface area contributed by atoms with Crippen molar-refractivity contribution in [2.24, 2.45) is 0 Å². The van der Waals surface area contributed by atoms with Crippen molar-refractivity contribution in [3.8, 4) is 0 Å². The quantitative estimate of drug-likeness (QED) is 0.859. The summed E-state index contributed by atoms with van der Waals surface area (Å²) in [5.41, 5.74) is 1.52. The molecule has 5 nitrogen and oxygen atoms in total. The summed E-state index contributed by atoms with van der Waals surface area (Å²) < 4.78 is 0. The molecule has 3 rings (SSSR count). The van der Waals surface area contributed by atoms with Gasteiger partial charge in [0.25, 0.3) is 5.91 Å². The molecule has 0 unspecified atom stereocenters. The van der Waals surface area contributed by atoms with Gasteiger partial charge in [-0.2, -0.15) is 0 Å². The topological polar surface area (TPSA) is 53.5 Å². The van der Waals surface area contributed by atoms with Crippen molar-refractivity contribution in [3.05, 3.63) is 64.9 Å². The molecule has 0 N–H and O–H groups in total. The Labute approximate surface area is 145 Å². The van der Waals surface area contributed by atoms with Gasteiger partial charge in [0.1, 0.15) is 0 Å². The molecule has 1 aliphatic heterocycles. The lowest BCUT2D eigenvalue weighted by Crippen LogP contribution is -2.51. The summed E-state index contributed by atoms with van der Waals surface area (Å²) in [6, 6.07) is 10.8. The Kier molecular flexibility index (Phi) is 5.11. The molecule has 24 heavy (non-hydrogen) atoms. The Hall–Kier alpha value is -2.40. The van der Waals surface area contributed by atoms with Crippen LogP contribution in [-0.4, -0.2) is 52.8 Å². The van der Waals surface area contributed by atoms with E-state index in [1.165, 1.54) is 0 Å². The molecule has 0 radical (unpaired) electrons. The molecule has 1 aliphatic rings. The van der Waals surface area contributed by atoms with E-state index in [-0.39, 0.29) is 11.8 Å². The molecule has 0 spiro atoms. The van der Waals surface area contributed by atoms with Crippen LogP contribution in [0.1, 0.15) is 15.9 Å². The number of amides is 2. The van der Waals surface area contributed by atoms with Crippen molar-refractivity contribution in [2.45, 2.75) is 6.42 Å². The number of carbonyl (C=O) groups is 2. The molecule has 2 amide bonds. The van der Waals surface area contributed by atoms with Gasteiger partial charge < -0.3 is 9.80 Å². The summed E-state index contributed by atoms with van der Waals surface area (Å²) in [5, 5.41) is 0.661. The van der Waals surface area contributed by atoms with Crippen LogP contribution in [-0.2, 0) is 11.2 Å². The highest BCUT2D eigenvalue weighted by Gasteiger charge is 2.24. The number of halogens is 1. The second kappa shape index (κ2) is 7.45. The van der Waals surface area contributed by atoms with E-state index in [9.17, 15) is 9.59 Å². The second-order valence-corrected chi connectivity index (χ2v) is 6.15. The lowest BCUT2D eigenvalue weighted by atomic mass is 10.1.